The Morgan fingerprint density at radius 1 is 1.19 bits per heavy atom. The monoisotopic (exact) mass is 236 g/mol. The van der Waals surface area contributed by atoms with Crippen molar-refractivity contribution in [3.05, 3.63) is 47.1 Å². The summed E-state index contributed by atoms with van der Waals surface area (Å²) in [4.78, 5) is 4.15. The minimum Gasteiger partial charge on any atom is -0.339 e. The van der Waals surface area contributed by atoms with Crippen LogP contribution < -0.4 is 0 Å². The van der Waals surface area contributed by atoms with Crippen molar-refractivity contribution in [3.63, 3.8) is 0 Å². The van der Waals surface area contributed by atoms with Gasteiger partial charge < -0.3 is 4.52 Å². The van der Waals surface area contributed by atoms with Crippen molar-refractivity contribution in [1.82, 2.24) is 10.1 Å². The van der Waals surface area contributed by atoms with Crippen LogP contribution in [0.1, 0.15) is 22.8 Å². The fourth-order valence-electron chi connectivity index (χ4n) is 1.45. The third-order valence-corrected chi connectivity index (χ3v) is 2.62. The highest BCUT2D eigenvalue weighted by Gasteiger charge is 2.04. The molecule has 16 heavy (non-hydrogen) atoms. The Bertz CT molecular complexity index is 450. The first-order valence-corrected chi connectivity index (χ1v) is 5.74. The van der Waals surface area contributed by atoms with E-state index < -0.39 is 0 Å². The highest BCUT2D eigenvalue weighted by molar-refractivity contribution is 6.16. The van der Waals surface area contributed by atoms with E-state index in [-0.39, 0.29) is 0 Å². The van der Waals surface area contributed by atoms with Gasteiger partial charge in [0.25, 0.3) is 0 Å². The number of aryl methyl sites for hydroxylation is 3. The molecule has 0 aliphatic heterocycles. The predicted molar refractivity (Wildman–Crippen MR) is 62.4 cm³/mol. The van der Waals surface area contributed by atoms with E-state index in [1.54, 1.807) is 0 Å². The van der Waals surface area contributed by atoms with Gasteiger partial charge in [0.05, 0.1) is 5.88 Å². The number of rotatable bonds is 4. The molecule has 3 nitrogen and oxygen atoms in total. The van der Waals surface area contributed by atoms with E-state index in [2.05, 4.69) is 41.3 Å². The van der Waals surface area contributed by atoms with Crippen LogP contribution in [0.3, 0.4) is 0 Å². The van der Waals surface area contributed by atoms with Gasteiger partial charge in [-0.3, -0.25) is 0 Å². The summed E-state index contributed by atoms with van der Waals surface area (Å²) >= 11 is 5.59. The fraction of sp³-hybridized carbons (Fsp3) is 0.333. The molecule has 2 rings (SSSR count). The summed E-state index contributed by atoms with van der Waals surface area (Å²) in [6, 6.07) is 8.45. The Hall–Kier alpha value is -1.35. The van der Waals surface area contributed by atoms with Crippen LogP contribution in [-0.4, -0.2) is 10.1 Å². The maximum atomic E-state index is 5.59. The Balaban J connectivity index is 1.94. The van der Waals surface area contributed by atoms with Crippen LogP contribution in [0.25, 0.3) is 0 Å². The smallest absolute Gasteiger partial charge is 0.227 e. The standard InChI is InChI=1S/C12H13ClN2O/c1-9-2-4-10(5-3-9)6-7-12-14-11(8-13)15-16-12/h2-5H,6-8H2,1H3. The van der Waals surface area contributed by atoms with E-state index in [1.807, 2.05) is 0 Å². The van der Waals surface area contributed by atoms with Crippen molar-refractivity contribution in [2.45, 2.75) is 25.6 Å². The number of benzene rings is 1. The van der Waals surface area contributed by atoms with E-state index in [1.165, 1.54) is 11.1 Å². The Kier molecular flexibility index (Phi) is 3.57. The van der Waals surface area contributed by atoms with Crippen LogP contribution in [0.2, 0.25) is 0 Å². The summed E-state index contributed by atoms with van der Waals surface area (Å²) in [5, 5.41) is 3.74. The first kappa shape index (κ1) is 11.1. The molecular formula is C12H13ClN2O. The van der Waals surface area contributed by atoms with Crippen LogP contribution in [0.15, 0.2) is 28.8 Å². The number of alkyl halides is 1. The van der Waals surface area contributed by atoms with Gasteiger partial charge in [-0.15, -0.1) is 11.6 Å². The molecule has 0 fully saturated rings. The molecule has 2 aromatic rings. The number of aromatic nitrogens is 2. The van der Waals surface area contributed by atoms with Gasteiger partial charge in [-0.1, -0.05) is 35.0 Å². The fourth-order valence-corrected chi connectivity index (χ4v) is 1.56. The molecule has 0 bridgehead atoms. The van der Waals surface area contributed by atoms with Crippen LogP contribution in [0, 0.1) is 6.92 Å². The highest BCUT2D eigenvalue weighted by atomic mass is 35.5. The maximum Gasteiger partial charge on any atom is 0.227 e. The zero-order valence-corrected chi connectivity index (χ0v) is 9.87. The summed E-state index contributed by atoms with van der Waals surface area (Å²) < 4.78 is 5.06. The summed E-state index contributed by atoms with van der Waals surface area (Å²) in [6.45, 7) is 2.08. The Morgan fingerprint density at radius 2 is 1.94 bits per heavy atom. The molecule has 1 aromatic heterocycles. The third kappa shape index (κ3) is 2.83. The van der Waals surface area contributed by atoms with Crippen LogP contribution in [0.4, 0.5) is 0 Å². The van der Waals surface area contributed by atoms with Gasteiger partial charge in [0, 0.05) is 6.42 Å². The molecule has 0 saturated carbocycles. The third-order valence-electron chi connectivity index (χ3n) is 2.38. The van der Waals surface area contributed by atoms with Gasteiger partial charge in [0.1, 0.15) is 0 Å². The molecule has 0 amide bonds. The van der Waals surface area contributed by atoms with Gasteiger partial charge >= 0.3 is 0 Å². The van der Waals surface area contributed by atoms with Crippen molar-refractivity contribution >= 4 is 11.6 Å². The molecule has 4 heteroatoms. The average molecular weight is 237 g/mol. The molecule has 84 valence electrons. The van der Waals surface area contributed by atoms with E-state index in [9.17, 15) is 0 Å². The summed E-state index contributed by atoms with van der Waals surface area (Å²) in [6.07, 6.45) is 1.66. The molecule has 0 N–H and O–H groups in total. The normalized spacial score (nSPS) is 10.6. The molecule has 0 radical (unpaired) electrons. The topological polar surface area (TPSA) is 38.9 Å². The van der Waals surface area contributed by atoms with E-state index in [4.69, 9.17) is 16.1 Å². The minimum atomic E-state index is 0.300. The van der Waals surface area contributed by atoms with Gasteiger partial charge in [-0.2, -0.15) is 4.98 Å². The second kappa shape index (κ2) is 5.12. The van der Waals surface area contributed by atoms with Gasteiger partial charge in [0.2, 0.25) is 5.89 Å². The van der Waals surface area contributed by atoms with Crippen LogP contribution in [0.5, 0.6) is 0 Å². The Morgan fingerprint density at radius 3 is 2.56 bits per heavy atom. The van der Waals surface area contributed by atoms with E-state index in [0.717, 1.165) is 12.8 Å². The number of nitrogens with zero attached hydrogens (tertiary/aromatic N) is 2. The maximum absolute atomic E-state index is 5.59. The molecule has 0 saturated heterocycles. The van der Waals surface area contributed by atoms with Gasteiger partial charge in [0.15, 0.2) is 5.82 Å². The minimum absolute atomic E-state index is 0.300. The number of hydrogen-bond donors (Lipinski definition) is 0. The molecular weight excluding hydrogens is 224 g/mol. The lowest BCUT2D eigenvalue weighted by Gasteiger charge is -1.98. The molecule has 0 spiro atoms. The van der Waals surface area contributed by atoms with Crippen molar-refractivity contribution in [3.8, 4) is 0 Å². The lowest BCUT2D eigenvalue weighted by atomic mass is 10.1. The van der Waals surface area contributed by atoms with Crippen molar-refractivity contribution < 1.29 is 4.52 Å². The largest absolute Gasteiger partial charge is 0.339 e. The molecule has 0 aliphatic rings. The lowest BCUT2D eigenvalue weighted by molar-refractivity contribution is 0.374. The van der Waals surface area contributed by atoms with Crippen LogP contribution >= 0.6 is 11.6 Å². The lowest BCUT2D eigenvalue weighted by Crippen LogP contribution is -1.92. The van der Waals surface area contributed by atoms with Crippen molar-refractivity contribution in [2.24, 2.45) is 0 Å². The van der Waals surface area contributed by atoms with E-state index >= 15 is 0 Å². The molecule has 0 atom stereocenters. The zero-order valence-electron chi connectivity index (χ0n) is 9.11. The quantitative estimate of drug-likeness (QED) is 0.767. The highest BCUT2D eigenvalue weighted by Crippen LogP contribution is 2.08. The van der Waals surface area contributed by atoms with Gasteiger partial charge in [-0.05, 0) is 18.9 Å². The first-order valence-electron chi connectivity index (χ1n) is 5.21. The molecule has 1 aromatic carbocycles. The summed E-state index contributed by atoms with van der Waals surface area (Å²) in [7, 11) is 0. The summed E-state index contributed by atoms with van der Waals surface area (Å²) in [5.41, 5.74) is 2.54. The zero-order chi connectivity index (χ0) is 11.4. The Labute approximate surface area is 99.4 Å². The molecule has 1 heterocycles. The SMILES string of the molecule is Cc1ccc(CCc2nc(CCl)no2)cc1. The predicted octanol–water partition coefficient (Wildman–Crippen LogP) is 2.90. The second-order valence-corrected chi connectivity index (χ2v) is 3.99. The molecule has 0 unspecified atom stereocenters. The average Bonchev–Trinajstić information content (AvgIpc) is 2.76. The summed E-state index contributed by atoms with van der Waals surface area (Å²) in [5.74, 6) is 1.51. The number of halogens is 1. The van der Waals surface area contributed by atoms with Gasteiger partial charge in [-0.25, -0.2) is 0 Å². The van der Waals surface area contributed by atoms with E-state index in [0.29, 0.717) is 17.6 Å². The van der Waals surface area contributed by atoms with Crippen molar-refractivity contribution in [1.29, 1.82) is 0 Å². The van der Waals surface area contributed by atoms with Crippen molar-refractivity contribution in [2.75, 3.05) is 0 Å². The number of hydrogen-bond acceptors (Lipinski definition) is 3. The van der Waals surface area contributed by atoms with Crippen LogP contribution in [-0.2, 0) is 18.7 Å². The molecule has 0 aliphatic carbocycles. The first-order chi connectivity index (χ1) is 7.78. The second-order valence-electron chi connectivity index (χ2n) is 3.72.